The predicted molar refractivity (Wildman–Crippen MR) is 67.6 cm³/mol. The van der Waals surface area contributed by atoms with E-state index in [0.717, 1.165) is 12.1 Å². The van der Waals surface area contributed by atoms with Gasteiger partial charge < -0.3 is 10.4 Å². The summed E-state index contributed by atoms with van der Waals surface area (Å²) in [6.45, 7) is 4.47. The average molecular weight is 219 g/mol. The van der Waals surface area contributed by atoms with E-state index in [2.05, 4.69) is 43.4 Å². The van der Waals surface area contributed by atoms with Gasteiger partial charge in [0.05, 0.1) is 12.1 Å². The number of aliphatic hydroxyl groups is 1. The first kappa shape index (κ1) is 11.5. The van der Waals surface area contributed by atoms with E-state index in [0.29, 0.717) is 5.92 Å². The molecule has 1 aromatic rings. The topological polar surface area (TPSA) is 32.3 Å². The first-order chi connectivity index (χ1) is 7.70. The van der Waals surface area contributed by atoms with Gasteiger partial charge >= 0.3 is 0 Å². The molecule has 1 aliphatic carbocycles. The molecule has 88 valence electrons. The molecule has 0 radical (unpaired) electrons. The van der Waals surface area contributed by atoms with Crippen molar-refractivity contribution in [3.05, 3.63) is 29.8 Å². The van der Waals surface area contributed by atoms with E-state index in [1.807, 2.05) is 0 Å². The highest BCUT2D eigenvalue weighted by molar-refractivity contribution is 5.48. The van der Waals surface area contributed by atoms with Gasteiger partial charge in [-0.25, -0.2) is 0 Å². The summed E-state index contributed by atoms with van der Waals surface area (Å²) >= 11 is 0. The Balaban J connectivity index is 2.16. The monoisotopic (exact) mass is 219 g/mol. The number of benzene rings is 1. The minimum atomic E-state index is -0.103. The van der Waals surface area contributed by atoms with Gasteiger partial charge in [-0.15, -0.1) is 0 Å². The lowest BCUT2D eigenvalue weighted by Gasteiger charge is -2.33. The molecule has 0 spiro atoms. The maximum atomic E-state index is 9.66. The van der Waals surface area contributed by atoms with Crippen molar-refractivity contribution in [2.24, 2.45) is 5.92 Å². The van der Waals surface area contributed by atoms with Crippen molar-refractivity contribution in [1.29, 1.82) is 0 Å². The van der Waals surface area contributed by atoms with E-state index >= 15 is 0 Å². The van der Waals surface area contributed by atoms with Gasteiger partial charge in [-0.2, -0.15) is 0 Å². The number of anilines is 1. The predicted octanol–water partition coefficient (Wildman–Crippen LogP) is 2.96. The van der Waals surface area contributed by atoms with E-state index < -0.39 is 0 Å². The van der Waals surface area contributed by atoms with Crippen LogP contribution in [0.2, 0.25) is 0 Å². The van der Waals surface area contributed by atoms with E-state index in [4.69, 9.17) is 0 Å². The summed E-state index contributed by atoms with van der Waals surface area (Å²) in [5.41, 5.74) is 2.28. The van der Waals surface area contributed by atoms with Crippen LogP contribution < -0.4 is 5.32 Å². The molecule has 0 bridgehead atoms. The van der Waals surface area contributed by atoms with Crippen LogP contribution in [0.1, 0.15) is 31.7 Å². The van der Waals surface area contributed by atoms with Gasteiger partial charge in [-0.1, -0.05) is 19.1 Å². The van der Waals surface area contributed by atoms with Crippen molar-refractivity contribution >= 4 is 5.69 Å². The molecule has 2 N–H and O–H groups in total. The molecule has 2 rings (SSSR count). The summed E-state index contributed by atoms with van der Waals surface area (Å²) in [5.74, 6) is 0.642. The Morgan fingerprint density at radius 1 is 1.44 bits per heavy atom. The lowest BCUT2D eigenvalue weighted by atomic mass is 9.90. The second kappa shape index (κ2) is 4.46. The van der Waals surface area contributed by atoms with Crippen molar-refractivity contribution in [3.63, 3.8) is 0 Å². The largest absolute Gasteiger partial charge is 0.394 e. The zero-order valence-electron chi connectivity index (χ0n) is 10.2. The van der Waals surface area contributed by atoms with Crippen LogP contribution in [0.25, 0.3) is 0 Å². The molecule has 0 heterocycles. The molecule has 16 heavy (non-hydrogen) atoms. The van der Waals surface area contributed by atoms with E-state index in [9.17, 15) is 5.11 Å². The molecule has 1 fully saturated rings. The number of nitrogens with one attached hydrogen (secondary N) is 1. The van der Waals surface area contributed by atoms with Crippen LogP contribution in [0.4, 0.5) is 5.69 Å². The van der Waals surface area contributed by atoms with Gasteiger partial charge in [0, 0.05) is 5.69 Å². The zero-order valence-corrected chi connectivity index (χ0v) is 10.2. The van der Waals surface area contributed by atoms with Gasteiger partial charge in [-0.05, 0) is 49.8 Å². The Kier molecular flexibility index (Phi) is 3.20. The molecule has 1 saturated carbocycles. The second-order valence-electron chi connectivity index (χ2n) is 4.94. The standard InChI is InChI=1S/C14H21NO/c1-3-14(10-16,12-7-8-12)15-13-6-4-5-11(2)9-13/h4-6,9,12,15-16H,3,7-8,10H2,1-2H3. The third-order valence-electron chi connectivity index (χ3n) is 3.68. The fraction of sp³-hybridized carbons (Fsp3) is 0.571. The Morgan fingerprint density at radius 3 is 2.69 bits per heavy atom. The van der Waals surface area contributed by atoms with E-state index in [1.54, 1.807) is 0 Å². The number of hydrogen-bond donors (Lipinski definition) is 2. The molecule has 0 amide bonds. The van der Waals surface area contributed by atoms with Gasteiger partial charge in [0.15, 0.2) is 0 Å². The number of aliphatic hydroxyl groups excluding tert-OH is 1. The van der Waals surface area contributed by atoms with Crippen LogP contribution in [0.5, 0.6) is 0 Å². The SMILES string of the molecule is CCC(CO)(Nc1cccc(C)c1)C1CC1. The van der Waals surface area contributed by atoms with Crippen molar-refractivity contribution < 1.29 is 5.11 Å². The Labute approximate surface area is 97.7 Å². The molecule has 0 saturated heterocycles. The van der Waals surface area contributed by atoms with Crippen molar-refractivity contribution in [1.82, 2.24) is 0 Å². The molecule has 1 atom stereocenters. The van der Waals surface area contributed by atoms with Crippen molar-refractivity contribution in [2.75, 3.05) is 11.9 Å². The van der Waals surface area contributed by atoms with Gasteiger partial charge in [0.25, 0.3) is 0 Å². The van der Waals surface area contributed by atoms with Crippen LogP contribution in [0.3, 0.4) is 0 Å². The van der Waals surface area contributed by atoms with Crippen LogP contribution in [0, 0.1) is 12.8 Å². The maximum absolute atomic E-state index is 9.66. The number of hydrogen-bond acceptors (Lipinski definition) is 2. The molecular formula is C14H21NO. The highest BCUT2D eigenvalue weighted by Crippen LogP contribution is 2.43. The zero-order chi connectivity index (χ0) is 11.6. The lowest BCUT2D eigenvalue weighted by molar-refractivity contribution is 0.188. The average Bonchev–Trinajstić information content (AvgIpc) is 3.10. The van der Waals surface area contributed by atoms with Crippen molar-refractivity contribution in [3.8, 4) is 0 Å². The lowest BCUT2D eigenvalue weighted by Crippen LogP contribution is -2.43. The highest BCUT2D eigenvalue weighted by atomic mass is 16.3. The Morgan fingerprint density at radius 2 is 2.19 bits per heavy atom. The second-order valence-corrected chi connectivity index (χ2v) is 4.94. The third kappa shape index (κ3) is 2.22. The summed E-state index contributed by atoms with van der Waals surface area (Å²) in [4.78, 5) is 0. The minimum absolute atomic E-state index is 0.103. The smallest absolute Gasteiger partial charge is 0.0664 e. The first-order valence-electron chi connectivity index (χ1n) is 6.16. The normalized spacial score (nSPS) is 19.2. The molecule has 1 aliphatic rings. The van der Waals surface area contributed by atoms with Crippen LogP contribution >= 0.6 is 0 Å². The van der Waals surface area contributed by atoms with Crippen LogP contribution in [0.15, 0.2) is 24.3 Å². The molecule has 2 nitrogen and oxygen atoms in total. The van der Waals surface area contributed by atoms with Crippen molar-refractivity contribution in [2.45, 2.75) is 38.6 Å². The molecule has 2 heteroatoms. The fourth-order valence-electron chi connectivity index (χ4n) is 2.41. The summed E-state index contributed by atoms with van der Waals surface area (Å²) in [5, 5.41) is 13.2. The number of aryl methyl sites for hydroxylation is 1. The van der Waals surface area contributed by atoms with Gasteiger partial charge in [0.1, 0.15) is 0 Å². The van der Waals surface area contributed by atoms with Gasteiger partial charge in [0.2, 0.25) is 0 Å². The van der Waals surface area contributed by atoms with Crippen LogP contribution in [-0.4, -0.2) is 17.3 Å². The molecule has 0 aliphatic heterocycles. The van der Waals surface area contributed by atoms with Crippen LogP contribution in [-0.2, 0) is 0 Å². The highest BCUT2D eigenvalue weighted by Gasteiger charge is 2.43. The van der Waals surface area contributed by atoms with Gasteiger partial charge in [-0.3, -0.25) is 0 Å². The Bertz CT molecular complexity index is 354. The summed E-state index contributed by atoms with van der Waals surface area (Å²) in [6, 6.07) is 8.37. The van der Waals surface area contributed by atoms with E-state index in [-0.39, 0.29) is 12.1 Å². The Hall–Kier alpha value is -1.02. The quantitative estimate of drug-likeness (QED) is 0.798. The maximum Gasteiger partial charge on any atom is 0.0664 e. The molecular weight excluding hydrogens is 198 g/mol. The molecule has 0 aromatic heterocycles. The first-order valence-corrected chi connectivity index (χ1v) is 6.16. The summed E-state index contributed by atoms with van der Waals surface area (Å²) in [6.07, 6.45) is 3.46. The summed E-state index contributed by atoms with van der Waals surface area (Å²) < 4.78 is 0. The minimum Gasteiger partial charge on any atom is -0.394 e. The third-order valence-corrected chi connectivity index (χ3v) is 3.68. The summed E-state index contributed by atoms with van der Waals surface area (Å²) in [7, 11) is 0. The molecule has 1 aromatic carbocycles. The molecule has 1 unspecified atom stereocenters. The number of rotatable bonds is 5. The fourth-order valence-corrected chi connectivity index (χ4v) is 2.41. The van der Waals surface area contributed by atoms with E-state index in [1.165, 1.54) is 18.4 Å².